The summed E-state index contributed by atoms with van der Waals surface area (Å²) in [5, 5.41) is 2.99. The molecule has 122 valence electrons. The molecule has 2 aromatic carbocycles. The average molecular weight is 320 g/mol. The lowest BCUT2D eigenvalue weighted by molar-refractivity contribution is 0.248. The van der Waals surface area contributed by atoms with E-state index in [9.17, 15) is 4.79 Å². The molecule has 0 unspecified atom stereocenters. The summed E-state index contributed by atoms with van der Waals surface area (Å²) < 4.78 is 1.96. The van der Waals surface area contributed by atoms with Crippen LogP contribution in [-0.4, -0.2) is 22.1 Å². The van der Waals surface area contributed by atoms with Crippen LogP contribution >= 0.6 is 0 Å². The smallest absolute Gasteiger partial charge is 0.326 e. The fraction of sp³-hybridized carbons (Fsp3) is 0.158. The van der Waals surface area contributed by atoms with Crippen molar-refractivity contribution >= 4 is 17.4 Å². The standard InChI is InChI=1S/C19H20N4O/c1-22-15-20-14-18(22)12-13-21-19(24)23(16-8-4-2-5-9-16)17-10-6-3-7-11-17/h2-11,14-15H,12-13H2,1H3,(H,21,24). The van der Waals surface area contributed by atoms with E-state index in [4.69, 9.17) is 0 Å². The molecule has 0 saturated carbocycles. The first kappa shape index (κ1) is 15.8. The SMILES string of the molecule is Cn1cncc1CCNC(=O)N(c1ccccc1)c1ccccc1. The van der Waals surface area contributed by atoms with E-state index in [1.54, 1.807) is 11.2 Å². The van der Waals surface area contributed by atoms with Crippen molar-refractivity contribution in [2.45, 2.75) is 6.42 Å². The van der Waals surface area contributed by atoms with E-state index < -0.39 is 0 Å². The van der Waals surface area contributed by atoms with Gasteiger partial charge in [-0.1, -0.05) is 36.4 Å². The van der Waals surface area contributed by atoms with Crippen LogP contribution in [0.2, 0.25) is 0 Å². The Kier molecular flexibility index (Phi) is 4.91. The van der Waals surface area contributed by atoms with Gasteiger partial charge >= 0.3 is 6.03 Å². The second-order valence-corrected chi connectivity index (χ2v) is 5.48. The van der Waals surface area contributed by atoms with Crippen molar-refractivity contribution in [3.63, 3.8) is 0 Å². The Morgan fingerprint density at radius 3 is 2.12 bits per heavy atom. The molecule has 0 fully saturated rings. The predicted molar refractivity (Wildman–Crippen MR) is 95.3 cm³/mol. The molecule has 2 amide bonds. The lowest BCUT2D eigenvalue weighted by Crippen LogP contribution is -2.38. The summed E-state index contributed by atoms with van der Waals surface area (Å²) in [5.41, 5.74) is 2.75. The monoisotopic (exact) mass is 320 g/mol. The molecule has 0 bridgehead atoms. The van der Waals surface area contributed by atoms with Gasteiger partial charge in [0.05, 0.1) is 17.7 Å². The van der Waals surface area contributed by atoms with Gasteiger partial charge in [0.15, 0.2) is 0 Å². The number of para-hydroxylation sites is 2. The zero-order valence-corrected chi connectivity index (χ0v) is 13.6. The van der Waals surface area contributed by atoms with Gasteiger partial charge in [-0.25, -0.2) is 9.78 Å². The first-order chi connectivity index (χ1) is 11.8. The fourth-order valence-electron chi connectivity index (χ4n) is 2.54. The highest BCUT2D eigenvalue weighted by Crippen LogP contribution is 2.24. The van der Waals surface area contributed by atoms with Crippen LogP contribution in [0.25, 0.3) is 0 Å². The van der Waals surface area contributed by atoms with Crippen LogP contribution in [0.1, 0.15) is 5.69 Å². The molecular formula is C19H20N4O. The maximum Gasteiger partial charge on any atom is 0.326 e. The summed E-state index contributed by atoms with van der Waals surface area (Å²) in [5.74, 6) is 0. The number of hydrogen-bond donors (Lipinski definition) is 1. The average Bonchev–Trinajstić information content (AvgIpc) is 3.02. The second kappa shape index (κ2) is 7.46. The highest BCUT2D eigenvalue weighted by Gasteiger charge is 2.17. The van der Waals surface area contributed by atoms with Crippen LogP contribution in [0.5, 0.6) is 0 Å². The number of aromatic nitrogens is 2. The molecule has 0 saturated heterocycles. The Morgan fingerprint density at radius 2 is 1.62 bits per heavy atom. The number of amides is 2. The molecule has 0 aliphatic heterocycles. The van der Waals surface area contributed by atoms with Crippen LogP contribution in [0.3, 0.4) is 0 Å². The maximum absolute atomic E-state index is 12.7. The Hall–Kier alpha value is -3.08. The lowest BCUT2D eigenvalue weighted by Gasteiger charge is -2.23. The first-order valence-electron chi connectivity index (χ1n) is 7.89. The minimum atomic E-state index is -0.144. The Balaban J connectivity index is 1.73. The van der Waals surface area contributed by atoms with Crippen molar-refractivity contribution in [3.05, 3.63) is 78.9 Å². The molecule has 5 nitrogen and oxygen atoms in total. The summed E-state index contributed by atoms with van der Waals surface area (Å²) in [6.45, 7) is 0.550. The molecule has 1 heterocycles. The summed E-state index contributed by atoms with van der Waals surface area (Å²) in [4.78, 5) is 18.5. The number of nitrogens with zero attached hydrogens (tertiary/aromatic N) is 3. The van der Waals surface area contributed by atoms with Crippen molar-refractivity contribution in [3.8, 4) is 0 Å². The van der Waals surface area contributed by atoms with Crippen LogP contribution in [0.4, 0.5) is 16.2 Å². The van der Waals surface area contributed by atoms with Gasteiger partial charge in [0.25, 0.3) is 0 Å². The van der Waals surface area contributed by atoms with Gasteiger partial charge in [0, 0.05) is 31.9 Å². The minimum absolute atomic E-state index is 0.144. The number of hydrogen-bond acceptors (Lipinski definition) is 2. The van der Waals surface area contributed by atoms with Crippen LogP contribution in [-0.2, 0) is 13.5 Å². The topological polar surface area (TPSA) is 50.2 Å². The molecule has 1 aromatic heterocycles. The van der Waals surface area contributed by atoms with E-state index in [-0.39, 0.29) is 6.03 Å². The fourth-order valence-corrected chi connectivity index (χ4v) is 2.54. The van der Waals surface area contributed by atoms with Crippen molar-refractivity contribution in [2.75, 3.05) is 11.4 Å². The van der Waals surface area contributed by atoms with E-state index >= 15 is 0 Å². The Labute approximate surface area is 141 Å². The molecule has 0 atom stereocenters. The number of anilines is 2. The van der Waals surface area contributed by atoms with Crippen LogP contribution < -0.4 is 10.2 Å². The van der Waals surface area contributed by atoms with E-state index in [2.05, 4.69) is 10.3 Å². The van der Waals surface area contributed by atoms with E-state index in [0.29, 0.717) is 6.54 Å². The van der Waals surface area contributed by atoms with Gasteiger partial charge in [-0.05, 0) is 24.3 Å². The minimum Gasteiger partial charge on any atom is -0.338 e. The van der Waals surface area contributed by atoms with Gasteiger partial charge in [0.1, 0.15) is 0 Å². The lowest BCUT2D eigenvalue weighted by atomic mass is 10.2. The summed E-state index contributed by atoms with van der Waals surface area (Å²) in [6, 6.07) is 19.1. The number of carbonyl (C=O) groups excluding carboxylic acids is 1. The number of nitrogens with one attached hydrogen (secondary N) is 1. The van der Waals surface area contributed by atoms with Crippen LogP contribution in [0, 0.1) is 0 Å². The molecule has 5 heteroatoms. The van der Waals surface area contributed by atoms with Crippen molar-refractivity contribution < 1.29 is 4.79 Å². The zero-order valence-electron chi connectivity index (χ0n) is 13.6. The number of imidazole rings is 1. The molecule has 0 aliphatic carbocycles. The molecule has 1 N–H and O–H groups in total. The third kappa shape index (κ3) is 3.63. The van der Waals surface area contributed by atoms with Gasteiger partial charge in [0.2, 0.25) is 0 Å². The molecule has 0 radical (unpaired) electrons. The molecule has 0 aliphatic rings. The predicted octanol–water partition coefficient (Wildman–Crippen LogP) is 3.51. The van der Waals surface area contributed by atoms with Gasteiger partial charge in [-0.2, -0.15) is 0 Å². The van der Waals surface area contributed by atoms with Crippen molar-refractivity contribution in [1.29, 1.82) is 0 Å². The molecule has 3 aromatic rings. The van der Waals surface area contributed by atoms with Crippen molar-refractivity contribution in [1.82, 2.24) is 14.9 Å². The zero-order chi connectivity index (χ0) is 16.8. The summed E-state index contributed by atoms with van der Waals surface area (Å²) in [7, 11) is 1.95. The maximum atomic E-state index is 12.7. The third-order valence-corrected chi connectivity index (χ3v) is 3.81. The Morgan fingerprint density at radius 1 is 1.04 bits per heavy atom. The number of carbonyl (C=O) groups is 1. The summed E-state index contributed by atoms with van der Waals surface area (Å²) >= 11 is 0. The largest absolute Gasteiger partial charge is 0.338 e. The number of rotatable bonds is 5. The highest BCUT2D eigenvalue weighted by atomic mass is 16.2. The Bertz CT molecular complexity index is 744. The van der Waals surface area contributed by atoms with E-state index in [1.807, 2.05) is 78.5 Å². The molecule has 0 spiro atoms. The first-order valence-corrected chi connectivity index (χ1v) is 7.89. The molecule has 24 heavy (non-hydrogen) atoms. The summed E-state index contributed by atoms with van der Waals surface area (Å²) in [6.07, 6.45) is 4.31. The number of aryl methyl sites for hydroxylation is 1. The van der Waals surface area contributed by atoms with Gasteiger partial charge in [-0.3, -0.25) is 4.90 Å². The molecular weight excluding hydrogens is 300 g/mol. The number of urea groups is 1. The third-order valence-electron chi connectivity index (χ3n) is 3.81. The second-order valence-electron chi connectivity index (χ2n) is 5.48. The normalized spacial score (nSPS) is 10.4. The highest BCUT2D eigenvalue weighted by molar-refractivity contribution is 5.99. The van der Waals surface area contributed by atoms with E-state index in [0.717, 1.165) is 23.5 Å². The molecule has 3 rings (SSSR count). The van der Waals surface area contributed by atoms with E-state index in [1.165, 1.54) is 0 Å². The van der Waals surface area contributed by atoms with Gasteiger partial charge < -0.3 is 9.88 Å². The number of benzene rings is 2. The van der Waals surface area contributed by atoms with Gasteiger partial charge in [-0.15, -0.1) is 0 Å². The van der Waals surface area contributed by atoms with Crippen LogP contribution in [0.15, 0.2) is 73.2 Å². The van der Waals surface area contributed by atoms with Crippen molar-refractivity contribution in [2.24, 2.45) is 7.05 Å². The quantitative estimate of drug-likeness (QED) is 0.782.